The van der Waals surface area contributed by atoms with Gasteiger partial charge in [-0.25, -0.2) is 0 Å². The summed E-state index contributed by atoms with van der Waals surface area (Å²) in [6.45, 7) is 2.64. The first-order valence-electron chi connectivity index (χ1n) is 8.20. The Balaban J connectivity index is 1.69. The first-order valence-corrected chi connectivity index (χ1v) is 8.20. The lowest BCUT2D eigenvalue weighted by Gasteiger charge is -2.35. The van der Waals surface area contributed by atoms with Gasteiger partial charge in [-0.3, -0.25) is 4.79 Å². The summed E-state index contributed by atoms with van der Waals surface area (Å²) in [7, 11) is 0. The van der Waals surface area contributed by atoms with Crippen LogP contribution >= 0.6 is 0 Å². The van der Waals surface area contributed by atoms with E-state index in [9.17, 15) is 4.79 Å². The fourth-order valence-electron chi connectivity index (χ4n) is 3.66. The second-order valence-electron chi connectivity index (χ2n) is 6.74. The SMILES string of the molecule is Cc1cc2cc(NC(=O)CC3(CN)CCCCC3)ccc2[nH]1. The summed E-state index contributed by atoms with van der Waals surface area (Å²) in [5.41, 5.74) is 9.07. The molecule has 1 saturated carbocycles. The lowest BCUT2D eigenvalue weighted by Crippen LogP contribution is -2.36. The van der Waals surface area contributed by atoms with Gasteiger partial charge in [-0.05, 0) is 56.0 Å². The standard InChI is InChI=1S/C18H25N3O/c1-13-9-14-10-15(5-6-16(14)20-13)21-17(22)11-18(12-19)7-3-2-4-8-18/h5-6,9-10,20H,2-4,7-8,11-12,19H2,1H3,(H,21,22). The van der Waals surface area contributed by atoms with E-state index in [1.54, 1.807) is 0 Å². The number of fused-ring (bicyclic) bond motifs is 1. The highest BCUT2D eigenvalue weighted by Crippen LogP contribution is 2.38. The zero-order chi connectivity index (χ0) is 15.6. The minimum Gasteiger partial charge on any atom is -0.359 e. The molecule has 1 fully saturated rings. The summed E-state index contributed by atoms with van der Waals surface area (Å²) in [5, 5.41) is 4.17. The van der Waals surface area contributed by atoms with E-state index in [0.29, 0.717) is 13.0 Å². The number of nitrogens with one attached hydrogen (secondary N) is 2. The van der Waals surface area contributed by atoms with Crippen molar-refractivity contribution in [2.45, 2.75) is 45.4 Å². The van der Waals surface area contributed by atoms with Gasteiger partial charge in [0.05, 0.1) is 0 Å². The normalized spacial score (nSPS) is 17.5. The molecule has 2 aromatic rings. The number of carbonyl (C=O) groups excluding carboxylic acids is 1. The van der Waals surface area contributed by atoms with Crippen LogP contribution in [0.15, 0.2) is 24.3 Å². The molecule has 1 aromatic heterocycles. The molecule has 4 heteroatoms. The predicted molar refractivity (Wildman–Crippen MR) is 90.9 cm³/mol. The molecule has 1 aliphatic carbocycles. The molecule has 3 rings (SSSR count). The smallest absolute Gasteiger partial charge is 0.224 e. The Hall–Kier alpha value is -1.81. The summed E-state index contributed by atoms with van der Waals surface area (Å²) >= 11 is 0. The van der Waals surface area contributed by atoms with Crippen molar-refractivity contribution >= 4 is 22.5 Å². The van der Waals surface area contributed by atoms with Crippen molar-refractivity contribution in [2.24, 2.45) is 11.1 Å². The monoisotopic (exact) mass is 299 g/mol. The van der Waals surface area contributed by atoms with Crippen LogP contribution in [0, 0.1) is 12.3 Å². The average Bonchev–Trinajstić information content (AvgIpc) is 2.87. The highest BCUT2D eigenvalue weighted by molar-refractivity contribution is 5.94. The molecule has 4 N–H and O–H groups in total. The van der Waals surface area contributed by atoms with E-state index in [0.717, 1.165) is 35.1 Å². The molecule has 1 heterocycles. The number of carbonyl (C=O) groups is 1. The van der Waals surface area contributed by atoms with Gasteiger partial charge < -0.3 is 16.0 Å². The Morgan fingerprint density at radius 3 is 2.77 bits per heavy atom. The van der Waals surface area contributed by atoms with Crippen molar-refractivity contribution in [3.05, 3.63) is 30.0 Å². The van der Waals surface area contributed by atoms with Crippen LogP contribution in [0.2, 0.25) is 0 Å². The number of H-pyrrole nitrogens is 1. The van der Waals surface area contributed by atoms with Crippen LogP contribution < -0.4 is 11.1 Å². The van der Waals surface area contributed by atoms with E-state index in [1.807, 2.05) is 25.1 Å². The predicted octanol–water partition coefficient (Wildman–Crippen LogP) is 3.71. The molecule has 0 unspecified atom stereocenters. The molecular formula is C18H25N3O. The van der Waals surface area contributed by atoms with Crippen LogP contribution in [0.25, 0.3) is 10.9 Å². The van der Waals surface area contributed by atoms with Crippen LogP contribution in [-0.2, 0) is 4.79 Å². The van der Waals surface area contributed by atoms with E-state index in [-0.39, 0.29) is 11.3 Å². The summed E-state index contributed by atoms with van der Waals surface area (Å²) in [4.78, 5) is 15.7. The number of nitrogens with two attached hydrogens (primary N) is 1. The molecule has 22 heavy (non-hydrogen) atoms. The molecule has 1 amide bonds. The van der Waals surface area contributed by atoms with E-state index >= 15 is 0 Å². The molecule has 0 saturated heterocycles. The minimum absolute atomic E-state index is 0.0110. The molecule has 0 atom stereocenters. The van der Waals surface area contributed by atoms with Gasteiger partial charge in [0.2, 0.25) is 5.91 Å². The van der Waals surface area contributed by atoms with Crippen LogP contribution in [0.5, 0.6) is 0 Å². The molecular weight excluding hydrogens is 274 g/mol. The summed E-state index contributed by atoms with van der Waals surface area (Å²) in [6.07, 6.45) is 6.35. The second-order valence-corrected chi connectivity index (χ2v) is 6.74. The zero-order valence-electron chi connectivity index (χ0n) is 13.2. The minimum atomic E-state index is 0.0110. The zero-order valence-corrected chi connectivity index (χ0v) is 13.2. The van der Waals surface area contributed by atoms with E-state index < -0.39 is 0 Å². The maximum atomic E-state index is 12.4. The number of rotatable bonds is 4. The number of benzene rings is 1. The lowest BCUT2D eigenvalue weighted by molar-refractivity contribution is -0.118. The summed E-state index contributed by atoms with van der Waals surface area (Å²) in [6, 6.07) is 8.07. The van der Waals surface area contributed by atoms with Gasteiger partial charge in [0.25, 0.3) is 0 Å². The van der Waals surface area contributed by atoms with Crippen molar-refractivity contribution in [2.75, 3.05) is 11.9 Å². The highest BCUT2D eigenvalue weighted by atomic mass is 16.1. The number of aromatic nitrogens is 1. The van der Waals surface area contributed by atoms with Gasteiger partial charge in [-0.1, -0.05) is 19.3 Å². The first-order chi connectivity index (χ1) is 10.6. The van der Waals surface area contributed by atoms with Crippen LogP contribution in [0.1, 0.15) is 44.2 Å². The lowest BCUT2D eigenvalue weighted by atomic mass is 9.71. The first kappa shape index (κ1) is 15.1. The molecule has 0 aliphatic heterocycles. The Kier molecular flexibility index (Phi) is 4.21. The summed E-state index contributed by atoms with van der Waals surface area (Å²) in [5.74, 6) is 0.0824. The molecule has 0 spiro atoms. The van der Waals surface area contributed by atoms with Crippen LogP contribution in [0.4, 0.5) is 5.69 Å². The number of aromatic amines is 1. The van der Waals surface area contributed by atoms with Crippen molar-refractivity contribution in [3.63, 3.8) is 0 Å². The van der Waals surface area contributed by atoms with Crippen molar-refractivity contribution < 1.29 is 4.79 Å². The Morgan fingerprint density at radius 2 is 2.05 bits per heavy atom. The van der Waals surface area contributed by atoms with Gasteiger partial charge >= 0.3 is 0 Å². The van der Waals surface area contributed by atoms with Gasteiger partial charge in [-0.15, -0.1) is 0 Å². The highest BCUT2D eigenvalue weighted by Gasteiger charge is 2.32. The maximum absolute atomic E-state index is 12.4. The van der Waals surface area contributed by atoms with Gasteiger partial charge in [0.1, 0.15) is 0 Å². The molecule has 1 aliphatic rings. The van der Waals surface area contributed by atoms with E-state index in [2.05, 4.69) is 16.4 Å². The average molecular weight is 299 g/mol. The molecule has 118 valence electrons. The fourth-order valence-corrected chi connectivity index (χ4v) is 3.66. The topological polar surface area (TPSA) is 70.9 Å². The third-order valence-corrected chi connectivity index (χ3v) is 4.92. The quantitative estimate of drug-likeness (QED) is 0.805. The Morgan fingerprint density at radius 1 is 1.27 bits per heavy atom. The molecule has 4 nitrogen and oxygen atoms in total. The fraction of sp³-hybridized carbons (Fsp3) is 0.500. The van der Waals surface area contributed by atoms with E-state index in [4.69, 9.17) is 5.73 Å². The van der Waals surface area contributed by atoms with Gasteiger partial charge in [0.15, 0.2) is 0 Å². The Bertz CT molecular complexity index is 668. The molecule has 0 radical (unpaired) electrons. The third-order valence-electron chi connectivity index (χ3n) is 4.92. The third kappa shape index (κ3) is 3.17. The second kappa shape index (κ2) is 6.13. The Labute approximate surface area is 131 Å². The van der Waals surface area contributed by atoms with Crippen molar-refractivity contribution in [1.82, 2.24) is 4.98 Å². The van der Waals surface area contributed by atoms with Crippen LogP contribution in [-0.4, -0.2) is 17.4 Å². The largest absolute Gasteiger partial charge is 0.359 e. The van der Waals surface area contributed by atoms with Crippen molar-refractivity contribution in [3.8, 4) is 0 Å². The van der Waals surface area contributed by atoms with Gasteiger partial charge in [-0.2, -0.15) is 0 Å². The number of hydrogen-bond donors (Lipinski definition) is 3. The molecule has 1 aromatic carbocycles. The van der Waals surface area contributed by atoms with E-state index in [1.165, 1.54) is 19.3 Å². The summed E-state index contributed by atoms with van der Waals surface area (Å²) < 4.78 is 0. The van der Waals surface area contributed by atoms with Crippen molar-refractivity contribution in [1.29, 1.82) is 0 Å². The number of aryl methyl sites for hydroxylation is 1. The number of hydrogen-bond acceptors (Lipinski definition) is 2. The maximum Gasteiger partial charge on any atom is 0.224 e. The number of amides is 1. The number of anilines is 1. The molecule has 0 bridgehead atoms. The van der Waals surface area contributed by atoms with Gasteiger partial charge in [0, 0.05) is 28.7 Å². The van der Waals surface area contributed by atoms with Crippen LogP contribution in [0.3, 0.4) is 0 Å².